The minimum Gasteiger partial charge on any atom is -0.497 e. The van der Waals surface area contributed by atoms with Crippen molar-refractivity contribution in [2.75, 3.05) is 30.4 Å². The average Bonchev–Trinajstić information content (AvgIpc) is 2.82. The Hall–Kier alpha value is -3.56. The van der Waals surface area contributed by atoms with E-state index in [0.29, 0.717) is 22.7 Å². The highest BCUT2D eigenvalue weighted by Crippen LogP contribution is 2.28. The largest absolute Gasteiger partial charge is 0.497 e. The topological polar surface area (TPSA) is 110 Å². The van der Waals surface area contributed by atoms with Gasteiger partial charge in [-0.2, -0.15) is 0 Å². The Morgan fingerprint density at radius 1 is 0.909 bits per heavy atom. The van der Waals surface area contributed by atoms with Gasteiger partial charge in [-0.1, -0.05) is 11.6 Å². The second kappa shape index (κ2) is 9.51. The molecule has 8 nitrogen and oxygen atoms in total. The van der Waals surface area contributed by atoms with Gasteiger partial charge in [0.1, 0.15) is 5.75 Å². The Kier molecular flexibility index (Phi) is 6.95. The summed E-state index contributed by atoms with van der Waals surface area (Å²) < 4.78 is 32.6. The third kappa shape index (κ3) is 4.94. The number of rotatable bonds is 7. The maximum Gasteiger partial charge on any atom is 0.264 e. The lowest BCUT2D eigenvalue weighted by molar-refractivity contribution is 0.0989. The van der Waals surface area contributed by atoms with Crippen LogP contribution in [0.15, 0.2) is 71.6 Å². The first-order chi connectivity index (χ1) is 15.6. The molecule has 3 aromatic carbocycles. The predicted molar refractivity (Wildman–Crippen MR) is 128 cm³/mol. The molecule has 3 rings (SSSR count). The molecule has 0 saturated heterocycles. The summed E-state index contributed by atoms with van der Waals surface area (Å²) in [5.41, 5.74) is 6.46. The average molecular weight is 488 g/mol. The Morgan fingerprint density at radius 3 is 2.03 bits per heavy atom. The molecule has 0 fully saturated rings. The van der Waals surface area contributed by atoms with Gasteiger partial charge in [0.05, 0.1) is 28.3 Å². The van der Waals surface area contributed by atoms with E-state index in [0.717, 1.165) is 4.31 Å². The van der Waals surface area contributed by atoms with Crippen LogP contribution in [0.25, 0.3) is 0 Å². The van der Waals surface area contributed by atoms with Crippen LogP contribution in [0.2, 0.25) is 5.02 Å². The third-order valence-electron chi connectivity index (χ3n) is 5.11. The van der Waals surface area contributed by atoms with Crippen LogP contribution in [-0.4, -0.2) is 41.4 Å². The van der Waals surface area contributed by atoms with E-state index in [9.17, 15) is 18.0 Å². The predicted octanol–water partition coefficient (Wildman–Crippen LogP) is 3.55. The highest BCUT2D eigenvalue weighted by molar-refractivity contribution is 7.92. The van der Waals surface area contributed by atoms with E-state index < -0.39 is 21.8 Å². The standard InChI is InChI=1S/C23H22ClN3O5S/c1-26(16-6-4-15(5-7-16)22(25)28)23(29)20-14-19(12-13-21(20)24)33(30,31)27(2)17-8-10-18(32-3)11-9-17/h4-14H,1-3H3,(H2,25,28). The van der Waals surface area contributed by atoms with E-state index in [1.165, 1.54) is 56.4 Å². The molecule has 0 aliphatic heterocycles. The summed E-state index contributed by atoms with van der Waals surface area (Å²) in [7, 11) is 0.473. The highest BCUT2D eigenvalue weighted by atomic mass is 35.5. The molecule has 0 aliphatic rings. The monoisotopic (exact) mass is 487 g/mol. The summed E-state index contributed by atoms with van der Waals surface area (Å²) in [6.07, 6.45) is 0. The number of carbonyl (C=O) groups is 2. The number of hydrogen-bond donors (Lipinski definition) is 1. The van der Waals surface area contributed by atoms with Crippen molar-refractivity contribution in [3.05, 3.63) is 82.9 Å². The van der Waals surface area contributed by atoms with Crippen molar-refractivity contribution in [3.63, 3.8) is 0 Å². The first kappa shape index (κ1) is 24.1. The molecule has 0 saturated carbocycles. The Labute approximate surface area is 197 Å². The second-order valence-corrected chi connectivity index (χ2v) is 9.46. The zero-order chi connectivity index (χ0) is 24.3. The Balaban J connectivity index is 1.93. The van der Waals surface area contributed by atoms with E-state index in [1.807, 2.05) is 0 Å². The second-order valence-electron chi connectivity index (χ2n) is 7.09. The number of methoxy groups -OCH3 is 1. The van der Waals surface area contributed by atoms with E-state index in [-0.39, 0.29) is 15.5 Å². The molecular weight excluding hydrogens is 466 g/mol. The highest BCUT2D eigenvalue weighted by Gasteiger charge is 2.25. The van der Waals surface area contributed by atoms with Gasteiger partial charge in [0.2, 0.25) is 5.91 Å². The number of hydrogen-bond acceptors (Lipinski definition) is 5. The van der Waals surface area contributed by atoms with Crippen LogP contribution in [0.3, 0.4) is 0 Å². The van der Waals surface area contributed by atoms with Gasteiger partial charge < -0.3 is 15.4 Å². The van der Waals surface area contributed by atoms with Crippen molar-refractivity contribution < 1.29 is 22.7 Å². The van der Waals surface area contributed by atoms with Crippen LogP contribution in [0.1, 0.15) is 20.7 Å². The molecule has 172 valence electrons. The number of nitrogens with two attached hydrogens (primary N) is 1. The van der Waals surface area contributed by atoms with Crippen molar-refractivity contribution in [2.24, 2.45) is 5.73 Å². The third-order valence-corrected chi connectivity index (χ3v) is 7.22. The van der Waals surface area contributed by atoms with Gasteiger partial charge in [-0.25, -0.2) is 8.42 Å². The van der Waals surface area contributed by atoms with Crippen molar-refractivity contribution in [3.8, 4) is 5.75 Å². The molecule has 33 heavy (non-hydrogen) atoms. The van der Waals surface area contributed by atoms with Crippen molar-refractivity contribution in [2.45, 2.75) is 4.90 Å². The summed E-state index contributed by atoms with van der Waals surface area (Å²) >= 11 is 6.24. The number of amides is 2. The smallest absolute Gasteiger partial charge is 0.264 e. The van der Waals surface area contributed by atoms with E-state index in [4.69, 9.17) is 22.1 Å². The van der Waals surface area contributed by atoms with E-state index in [1.54, 1.807) is 36.4 Å². The summed E-state index contributed by atoms with van der Waals surface area (Å²) in [4.78, 5) is 25.6. The van der Waals surface area contributed by atoms with Gasteiger partial charge in [-0.15, -0.1) is 0 Å². The number of primary amides is 1. The molecule has 0 unspecified atom stereocenters. The molecule has 0 atom stereocenters. The molecule has 3 aromatic rings. The van der Waals surface area contributed by atoms with E-state index in [2.05, 4.69) is 0 Å². The van der Waals surface area contributed by atoms with E-state index >= 15 is 0 Å². The van der Waals surface area contributed by atoms with Crippen molar-refractivity contribution >= 4 is 44.8 Å². The van der Waals surface area contributed by atoms with Gasteiger partial charge >= 0.3 is 0 Å². The minimum absolute atomic E-state index is 0.0161. The van der Waals surface area contributed by atoms with Gasteiger partial charge in [0.25, 0.3) is 15.9 Å². The lowest BCUT2D eigenvalue weighted by atomic mass is 10.1. The molecule has 0 aromatic heterocycles. The molecule has 10 heteroatoms. The SMILES string of the molecule is COc1ccc(N(C)S(=O)(=O)c2ccc(Cl)c(C(=O)N(C)c3ccc(C(N)=O)cc3)c2)cc1. The summed E-state index contributed by atoms with van der Waals surface area (Å²) in [6.45, 7) is 0. The molecule has 0 bridgehead atoms. The van der Waals surface area contributed by atoms with Crippen LogP contribution >= 0.6 is 11.6 Å². The zero-order valence-electron chi connectivity index (χ0n) is 18.2. The fraction of sp³-hybridized carbons (Fsp3) is 0.130. The maximum absolute atomic E-state index is 13.2. The van der Waals surface area contributed by atoms with Gasteiger partial charge in [-0.3, -0.25) is 13.9 Å². The van der Waals surface area contributed by atoms with Gasteiger partial charge in [-0.05, 0) is 66.7 Å². The Morgan fingerprint density at radius 2 is 1.48 bits per heavy atom. The van der Waals surface area contributed by atoms with Crippen LogP contribution in [0.4, 0.5) is 11.4 Å². The summed E-state index contributed by atoms with van der Waals surface area (Å²) in [5.74, 6) is -0.510. The first-order valence-corrected chi connectivity index (χ1v) is 11.5. The number of benzene rings is 3. The molecule has 0 aliphatic carbocycles. The quantitative estimate of drug-likeness (QED) is 0.548. The molecule has 0 spiro atoms. The molecule has 0 heterocycles. The lowest BCUT2D eigenvalue weighted by Crippen LogP contribution is -2.29. The number of anilines is 2. The number of ether oxygens (including phenoxy) is 1. The van der Waals surface area contributed by atoms with Crippen LogP contribution in [-0.2, 0) is 10.0 Å². The first-order valence-electron chi connectivity index (χ1n) is 9.66. The molecule has 0 radical (unpaired) electrons. The van der Waals surface area contributed by atoms with Crippen molar-refractivity contribution in [1.29, 1.82) is 0 Å². The van der Waals surface area contributed by atoms with Crippen LogP contribution < -0.4 is 19.7 Å². The van der Waals surface area contributed by atoms with Crippen LogP contribution in [0.5, 0.6) is 5.75 Å². The fourth-order valence-electron chi connectivity index (χ4n) is 3.07. The lowest BCUT2D eigenvalue weighted by Gasteiger charge is -2.21. The summed E-state index contributed by atoms with van der Waals surface area (Å²) in [6, 6.07) is 16.6. The molecule has 2 amide bonds. The van der Waals surface area contributed by atoms with Crippen LogP contribution in [0, 0.1) is 0 Å². The number of nitrogens with zero attached hydrogens (tertiary/aromatic N) is 2. The fourth-order valence-corrected chi connectivity index (χ4v) is 4.49. The maximum atomic E-state index is 13.2. The Bertz CT molecular complexity index is 1290. The van der Waals surface area contributed by atoms with Gasteiger partial charge in [0.15, 0.2) is 0 Å². The van der Waals surface area contributed by atoms with Gasteiger partial charge in [0, 0.05) is 25.3 Å². The zero-order valence-corrected chi connectivity index (χ0v) is 19.7. The molecule has 2 N–H and O–H groups in total. The number of sulfonamides is 1. The molecular formula is C23H22ClN3O5S. The normalized spacial score (nSPS) is 11.0. The minimum atomic E-state index is -3.98. The summed E-state index contributed by atoms with van der Waals surface area (Å²) in [5, 5.41) is 0.103. The number of halogens is 1. The number of carbonyl (C=O) groups excluding carboxylic acids is 2. The van der Waals surface area contributed by atoms with Crippen molar-refractivity contribution in [1.82, 2.24) is 0 Å².